The molecular weight excluding hydrogens is 449 g/mol. The number of hydrogen-bond donors (Lipinski definition) is 0. The molecule has 33 heavy (non-hydrogen) atoms. The normalized spacial score (nSPS) is 16.7. The van der Waals surface area contributed by atoms with Crippen LogP contribution >= 0.6 is 0 Å². The monoisotopic (exact) mass is 473 g/mol. The highest BCUT2D eigenvalue weighted by Gasteiger charge is 2.34. The number of rotatable bonds is 5. The Hall–Kier alpha value is -3.11. The third kappa shape index (κ3) is 4.04. The Labute approximate surface area is 191 Å². The molecule has 0 aliphatic carbocycles. The van der Waals surface area contributed by atoms with Crippen LogP contribution in [0.15, 0.2) is 56.8 Å². The first-order valence-corrected chi connectivity index (χ1v) is 12.3. The maximum absolute atomic E-state index is 14.5. The summed E-state index contributed by atoms with van der Waals surface area (Å²) in [4.78, 5) is 8.42. The first kappa shape index (κ1) is 21.7. The minimum atomic E-state index is -4.09. The molecule has 0 spiro atoms. The smallest absolute Gasteiger partial charge is 0.236 e. The molecule has 2 aliphatic rings. The lowest BCUT2D eigenvalue weighted by Gasteiger charge is -2.33. The Morgan fingerprint density at radius 2 is 1.73 bits per heavy atom. The second kappa shape index (κ2) is 8.68. The number of sulfone groups is 1. The second-order valence-electron chi connectivity index (χ2n) is 7.84. The minimum Gasteiger partial charge on any atom is -0.486 e. The number of ether oxygens (including phenoxy) is 2. The van der Waals surface area contributed by atoms with Gasteiger partial charge >= 0.3 is 0 Å². The number of likely N-dealkylation sites (N-methyl/N-ethyl adjacent to an activating group) is 1. The Morgan fingerprint density at radius 1 is 1.00 bits per heavy atom. The lowest BCUT2D eigenvalue weighted by molar-refractivity contribution is 0.171. The Morgan fingerprint density at radius 3 is 2.45 bits per heavy atom. The van der Waals surface area contributed by atoms with Gasteiger partial charge in [0.2, 0.25) is 26.6 Å². The van der Waals surface area contributed by atoms with Gasteiger partial charge < -0.3 is 23.7 Å². The van der Waals surface area contributed by atoms with Gasteiger partial charge in [0.25, 0.3) is 0 Å². The maximum atomic E-state index is 14.5. The maximum Gasteiger partial charge on any atom is 0.236 e. The molecule has 0 N–H and O–H groups in total. The van der Waals surface area contributed by atoms with Gasteiger partial charge in [-0.3, -0.25) is 0 Å². The van der Waals surface area contributed by atoms with Crippen LogP contribution in [0.1, 0.15) is 6.92 Å². The summed E-state index contributed by atoms with van der Waals surface area (Å²) in [6.07, 6.45) is 0. The third-order valence-corrected chi connectivity index (χ3v) is 7.52. The predicted molar refractivity (Wildman–Crippen MR) is 119 cm³/mol. The van der Waals surface area contributed by atoms with E-state index in [1.807, 2.05) is 4.90 Å². The van der Waals surface area contributed by atoms with Crippen LogP contribution in [0.4, 0.5) is 10.3 Å². The van der Waals surface area contributed by atoms with Gasteiger partial charge in [-0.05, 0) is 30.8 Å². The van der Waals surface area contributed by atoms with E-state index in [-0.39, 0.29) is 27.3 Å². The average molecular weight is 474 g/mol. The number of benzene rings is 2. The molecule has 0 radical (unpaired) electrons. The number of aromatic nitrogens is 1. The largest absolute Gasteiger partial charge is 0.486 e. The Balaban J connectivity index is 1.60. The first-order chi connectivity index (χ1) is 16.0. The molecule has 1 aromatic heterocycles. The number of anilines is 1. The molecule has 2 aliphatic heterocycles. The van der Waals surface area contributed by atoms with Gasteiger partial charge in [0.1, 0.15) is 19.0 Å². The van der Waals surface area contributed by atoms with Crippen LogP contribution in [-0.2, 0) is 9.84 Å². The molecule has 5 rings (SSSR count). The van der Waals surface area contributed by atoms with E-state index in [4.69, 9.17) is 13.9 Å². The van der Waals surface area contributed by atoms with Crippen molar-refractivity contribution < 1.29 is 26.7 Å². The van der Waals surface area contributed by atoms with Crippen molar-refractivity contribution in [1.29, 1.82) is 0 Å². The molecular formula is C23H24FN3O5S. The topological polar surface area (TPSA) is 85.1 Å². The zero-order valence-electron chi connectivity index (χ0n) is 18.2. The fraction of sp³-hybridized carbons (Fsp3) is 0.348. The summed E-state index contributed by atoms with van der Waals surface area (Å²) in [5.74, 6) is 0.363. The lowest BCUT2D eigenvalue weighted by atomic mass is 10.2. The molecule has 174 valence electrons. The fourth-order valence-corrected chi connectivity index (χ4v) is 5.33. The zero-order chi connectivity index (χ0) is 23.0. The molecule has 2 aromatic carbocycles. The van der Waals surface area contributed by atoms with Crippen molar-refractivity contribution in [2.45, 2.75) is 16.8 Å². The van der Waals surface area contributed by atoms with Gasteiger partial charge in [-0.25, -0.2) is 12.8 Å². The number of nitrogens with zero attached hydrogens (tertiary/aromatic N) is 3. The van der Waals surface area contributed by atoms with Crippen molar-refractivity contribution in [3.8, 4) is 23.0 Å². The molecule has 8 nitrogen and oxygen atoms in total. The van der Waals surface area contributed by atoms with E-state index in [1.165, 1.54) is 24.3 Å². The number of halogens is 1. The highest BCUT2D eigenvalue weighted by Crippen LogP contribution is 2.38. The molecule has 0 bridgehead atoms. The molecule has 1 fully saturated rings. The second-order valence-corrected chi connectivity index (χ2v) is 9.70. The van der Waals surface area contributed by atoms with Gasteiger partial charge in [-0.2, -0.15) is 4.98 Å². The molecule has 0 atom stereocenters. The van der Waals surface area contributed by atoms with Crippen molar-refractivity contribution in [2.24, 2.45) is 0 Å². The van der Waals surface area contributed by atoms with Crippen molar-refractivity contribution in [1.82, 2.24) is 9.88 Å². The molecule has 3 aromatic rings. The Bertz CT molecular complexity index is 1270. The van der Waals surface area contributed by atoms with Gasteiger partial charge in [-0.15, -0.1) is 0 Å². The van der Waals surface area contributed by atoms with Crippen LogP contribution < -0.4 is 14.4 Å². The summed E-state index contributed by atoms with van der Waals surface area (Å²) in [6.45, 7) is 6.40. The van der Waals surface area contributed by atoms with Crippen molar-refractivity contribution in [3.05, 3.63) is 48.3 Å². The highest BCUT2D eigenvalue weighted by molar-refractivity contribution is 7.91. The van der Waals surface area contributed by atoms with Crippen molar-refractivity contribution in [2.75, 3.05) is 50.8 Å². The van der Waals surface area contributed by atoms with Crippen LogP contribution in [-0.4, -0.2) is 64.2 Å². The summed E-state index contributed by atoms with van der Waals surface area (Å²) >= 11 is 0. The Kier molecular flexibility index (Phi) is 5.71. The summed E-state index contributed by atoms with van der Waals surface area (Å²) in [6, 6.07) is 10.5. The van der Waals surface area contributed by atoms with E-state index in [1.54, 1.807) is 18.2 Å². The van der Waals surface area contributed by atoms with Crippen LogP contribution in [0.5, 0.6) is 11.5 Å². The van der Waals surface area contributed by atoms with Crippen LogP contribution in [0.25, 0.3) is 11.5 Å². The standard InChI is InChI=1S/C23H24FN3O5S/c1-2-26-9-11-27(12-10-26)23-22(25-21(32-23)17-5-3-4-6-18(17)24)33(28,29)16-7-8-19-20(15-16)31-14-13-30-19/h3-8,15H,2,9-14H2,1H3. The van der Waals surface area contributed by atoms with Gasteiger partial charge in [0.05, 0.1) is 10.5 Å². The minimum absolute atomic E-state index is 0.00794. The average Bonchev–Trinajstić information content (AvgIpc) is 3.30. The molecule has 1 saturated heterocycles. The fourth-order valence-electron chi connectivity index (χ4n) is 3.99. The van der Waals surface area contributed by atoms with E-state index >= 15 is 0 Å². The summed E-state index contributed by atoms with van der Waals surface area (Å²) in [5, 5.41) is -0.234. The number of piperazine rings is 1. The molecule has 3 heterocycles. The summed E-state index contributed by atoms with van der Waals surface area (Å²) < 4.78 is 58.8. The summed E-state index contributed by atoms with van der Waals surface area (Å²) in [5.41, 5.74) is 0.106. The van der Waals surface area contributed by atoms with Crippen LogP contribution in [0, 0.1) is 5.82 Å². The highest BCUT2D eigenvalue weighted by atomic mass is 32.2. The van der Waals surface area contributed by atoms with Crippen molar-refractivity contribution >= 4 is 15.7 Å². The number of hydrogen-bond acceptors (Lipinski definition) is 8. The molecule has 10 heteroatoms. The SMILES string of the molecule is CCN1CCN(c2oc(-c3ccccc3F)nc2S(=O)(=O)c2ccc3c(c2)OCCO3)CC1. The quantitative estimate of drug-likeness (QED) is 0.559. The van der Waals surface area contributed by atoms with Crippen LogP contribution in [0.3, 0.4) is 0 Å². The van der Waals surface area contributed by atoms with E-state index in [0.717, 1.165) is 19.6 Å². The third-order valence-electron chi connectivity index (χ3n) is 5.87. The van der Waals surface area contributed by atoms with Crippen molar-refractivity contribution in [3.63, 3.8) is 0 Å². The lowest BCUT2D eigenvalue weighted by Crippen LogP contribution is -2.46. The van der Waals surface area contributed by atoms with E-state index < -0.39 is 15.7 Å². The van der Waals surface area contributed by atoms with Crippen LogP contribution in [0.2, 0.25) is 0 Å². The van der Waals surface area contributed by atoms with E-state index in [2.05, 4.69) is 16.8 Å². The van der Waals surface area contributed by atoms with E-state index in [0.29, 0.717) is 37.8 Å². The molecule has 0 saturated carbocycles. The number of oxazole rings is 1. The predicted octanol–water partition coefficient (Wildman–Crippen LogP) is 3.23. The van der Waals surface area contributed by atoms with Gasteiger partial charge in [0, 0.05) is 32.2 Å². The molecule has 0 amide bonds. The van der Waals surface area contributed by atoms with Gasteiger partial charge in [-0.1, -0.05) is 19.1 Å². The summed E-state index contributed by atoms with van der Waals surface area (Å²) in [7, 11) is -4.09. The van der Waals surface area contributed by atoms with Gasteiger partial charge in [0.15, 0.2) is 11.5 Å². The zero-order valence-corrected chi connectivity index (χ0v) is 19.0. The van der Waals surface area contributed by atoms with E-state index in [9.17, 15) is 12.8 Å². The molecule has 0 unspecified atom stereocenters. The number of fused-ring (bicyclic) bond motifs is 1. The first-order valence-electron chi connectivity index (χ1n) is 10.8.